The Labute approximate surface area is 156 Å². The summed E-state index contributed by atoms with van der Waals surface area (Å²) >= 11 is 1.27. The van der Waals surface area contributed by atoms with Crippen molar-refractivity contribution >= 4 is 29.3 Å². The van der Waals surface area contributed by atoms with E-state index in [1.54, 1.807) is 55.6 Å². The fraction of sp³-hybridized carbons (Fsp3) is 0.250. The van der Waals surface area contributed by atoms with Gasteiger partial charge in [0.15, 0.2) is 6.10 Å². The number of esters is 1. The molecule has 2 rings (SSSR count). The van der Waals surface area contributed by atoms with Gasteiger partial charge in [0.2, 0.25) is 5.78 Å². The molecule has 136 valence electrons. The Kier molecular flexibility index (Phi) is 6.97. The molecule has 26 heavy (non-hydrogen) atoms. The second kappa shape index (κ2) is 9.20. The summed E-state index contributed by atoms with van der Waals surface area (Å²) in [5, 5.41) is 0. The van der Waals surface area contributed by atoms with Crippen molar-refractivity contribution in [3.05, 3.63) is 59.7 Å². The number of methoxy groups -OCH3 is 1. The van der Waals surface area contributed by atoms with E-state index < -0.39 is 12.1 Å². The first kappa shape index (κ1) is 19.7. The molecule has 0 heterocycles. The lowest BCUT2D eigenvalue weighted by Gasteiger charge is -2.14. The van der Waals surface area contributed by atoms with Gasteiger partial charge in [-0.3, -0.25) is 9.59 Å². The third-order valence-electron chi connectivity index (χ3n) is 3.57. The fourth-order valence-corrected chi connectivity index (χ4v) is 3.05. The lowest BCUT2D eigenvalue weighted by Crippen LogP contribution is -2.24. The Morgan fingerprint density at radius 1 is 1.04 bits per heavy atom. The number of hydrogen-bond acceptors (Lipinski definition) is 6. The van der Waals surface area contributed by atoms with Crippen LogP contribution < -0.4 is 4.74 Å². The second-order valence-corrected chi connectivity index (χ2v) is 6.64. The van der Waals surface area contributed by atoms with E-state index in [0.29, 0.717) is 21.8 Å². The van der Waals surface area contributed by atoms with Gasteiger partial charge in [0, 0.05) is 10.5 Å². The summed E-state index contributed by atoms with van der Waals surface area (Å²) in [6.45, 7) is 3.03. The van der Waals surface area contributed by atoms with Gasteiger partial charge < -0.3 is 9.47 Å². The van der Waals surface area contributed by atoms with Crippen LogP contribution in [0.25, 0.3) is 0 Å². The van der Waals surface area contributed by atoms with Crippen LogP contribution >= 0.6 is 11.8 Å². The minimum Gasteiger partial charge on any atom is -0.497 e. The molecule has 0 unspecified atom stereocenters. The van der Waals surface area contributed by atoms with Gasteiger partial charge >= 0.3 is 5.97 Å². The summed E-state index contributed by atoms with van der Waals surface area (Å²) in [6.07, 6.45) is -0.929. The SMILES string of the molecule is COc1ccc(C(=O)[C@H](C)OC(=O)c2ccccc2SCC(C)=O)cc1. The van der Waals surface area contributed by atoms with E-state index >= 15 is 0 Å². The van der Waals surface area contributed by atoms with Gasteiger partial charge in [-0.05, 0) is 50.2 Å². The van der Waals surface area contributed by atoms with Crippen LogP contribution in [0.1, 0.15) is 34.6 Å². The van der Waals surface area contributed by atoms with Crippen molar-refractivity contribution in [2.75, 3.05) is 12.9 Å². The highest BCUT2D eigenvalue weighted by atomic mass is 32.2. The average Bonchev–Trinajstić information content (AvgIpc) is 2.65. The van der Waals surface area contributed by atoms with Gasteiger partial charge in [0.05, 0.1) is 18.4 Å². The maximum atomic E-state index is 12.5. The van der Waals surface area contributed by atoms with Crippen LogP contribution in [-0.4, -0.2) is 36.5 Å². The molecule has 0 aromatic heterocycles. The molecule has 0 spiro atoms. The average molecular weight is 372 g/mol. The van der Waals surface area contributed by atoms with Crippen molar-refractivity contribution < 1.29 is 23.9 Å². The number of ketones is 2. The quantitative estimate of drug-likeness (QED) is 0.399. The molecule has 0 amide bonds. The molecule has 0 N–H and O–H groups in total. The molecule has 0 aliphatic carbocycles. The largest absolute Gasteiger partial charge is 0.497 e. The van der Waals surface area contributed by atoms with Gasteiger partial charge in [0.1, 0.15) is 11.5 Å². The van der Waals surface area contributed by atoms with Gasteiger partial charge in [-0.25, -0.2) is 4.79 Å². The lowest BCUT2D eigenvalue weighted by molar-refractivity contribution is -0.114. The highest BCUT2D eigenvalue weighted by Gasteiger charge is 2.22. The number of thioether (sulfide) groups is 1. The monoisotopic (exact) mass is 372 g/mol. The maximum absolute atomic E-state index is 12.5. The summed E-state index contributed by atoms with van der Waals surface area (Å²) in [6, 6.07) is 13.5. The minimum atomic E-state index is -0.929. The third kappa shape index (κ3) is 5.20. The summed E-state index contributed by atoms with van der Waals surface area (Å²) < 4.78 is 10.4. The molecule has 2 aromatic carbocycles. The summed E-state index contributed by atoms with van der Waals surface area (Å²) in [7, 11) is 1.54. The normalized spacial score (nSPS) is 11.5. The minimum absolute atomic E-state index is 0.0150. The van der Waals surface area contributed by atoms with Crippen molar-refractivity contribution in [2.24, 2.45) is 0 Å². The van der Waals surface area contributed by atoms with E-state index in [4.69, 9.17) is 9.47 Å². The molecule has 0 aliphatic rings. The Morgan fingerprint density at radius 2 is 1.69 bits per heavy atom. The molecule has 2 aromatic rings. The number of benzene rings is 2. The summed E-state index contributed by atoms with van der Waals surface area (Å²) in [5.74, 6) is 0.0367. The first-order chi connectivity index (χ1) is 12.4. The zero-order valence-corrected chi connectivity index (χ0v) is 15.7. The van der Waals surface area contributed by atoms with E-state index in [1.165, 1.54) is 25.6 Å². The van der Waals surface area contributed by atoms with Crippen LogP contribution in [0.3, 0.4) is 0 Å². The van der Waals surface area contributed by atoms with E-state index in [2.05, 4.69) is 0 Å². The highest BCUT2D eigenvalue weighted by molar-refractivity contribution is 8.00. The Hall–Kier alpha value is -2.60. The standard InChI is InChI=1S/C20H20O5S/c1-13(21)12-26-18-7-5-4-6-17(18)20(23)25-14(2)19(22)15-8-10-16(24-3)11-9-15/h4-11,14H,12H2,1-3H3/t14-/m0/s1. The second-order valence-electron chi connectivity index (χ2n) is 5.63. The predicted octanol–water partition coefficient (Wildman–Crippen LogP) is 3.80. The van der Waals surface area contributed by atoms with Crippen LogP contribution in [0, 0.1) is 0 Å². The van der Waals surface area contributed by atoms with Crippen LogP contribution in [0.2, 0.25) is 0 Å². The van der Waals surface area contributed by atoms with Gasteiger partial charge in [-0.2, -0.15) is 0 Å². The molecule has 0 aliphatic heterocycles. The smallest absolute Gasteiger partial charge is 0.339 e. The van der Waals surface area contributed by atoms with Crippen molar-refractivity contribution in [3.63, 3.8) is 0 Å². The molecular formula is C20H20O5S. The topological polar surface area (TPSA) is 69.7 Å². The number of Topliss-reactive ketones (excluding diaryl/α,β-unsaturated/α-hetero) is 2. The Morgan fingerprint density at radius 3 is 2.31 bits per heavy atom. The number of carbonyl (C=O) groups excluding carboxylic acids is 3. The van der Waals surface area contributed by atoms with Crippen LogP contribution in [0.4, 0.5) is 0 Å². The first-order valence-electron chi connectivity index (χ1n) is 8.03. The van der Waals surface area contributed by atoms with Crippen molar-refractivity contribution in [3.8, 4) is 5.75 Å². The number of hydrogen-bond donors (Lipinski definition) is 0. The third-order valence-corrected chi connectivity index (χ3v) is 4.78. The van der Waals surface area contributed by atoms with Crippen LogP contribution in [0.15, 0.2) is 53.4 Å². The molecule has 1 atom stereocenters. The fourth-order valence-electron chi connectivity index (χ4n) is 2.21. The van der Waals surface area contributed by atoms with E-state index in [-0.39, 0.29) is 17.3 Å². The highest BCUT2D eigenvalue weighted by Crippen LogP contribution is 2.24. The zero-order valence-electron chi connectivity index (χ0n) is 14.9. The first-order valence-corrected chi connectivity index (χ1v) is 9.01. The van der Waals surface area contributed by atoms with E-state index in [0.717, 1.165) is 0 Å². The van der Waals surface area contributed by atoms with Crippen molar-refractivity contribution in [1.29, 1.82) is 0 Å². The molecule has 0 bridgehead atoms. The number of rotatable bonds is 8. The predicted molar refractivity (Wildman–Crippen MR) is 100 cm³/mol. The molecule has 0 fully saturated rings. The molecule has 6 heteroatoms. The maximum Gasteiger partial charge on any atom is 0.339 e. The molecule has 0 saturated carbocycles. The summed E-state index contributed by atoms with van der Waals surface area (Å²) in [4.78, 5) is 36.7. The molecule has 0 saturated heterocycles. The molecule has 0 radical (unpaired) electrons. The lowest BCUT2D eigenvalue weighted by atomic mass is 10.1. The number of carbonyl (C=O) groups is 3. The molecule has 5 nitrogen and oxygen atoms in total. The van der Waals surface area contributed by atoms with Gasteiger partial charge in [0.25, 0.3) is 0 Å². The van der Waals surface area contributed by atoms with Crippen LogP contribution in [-0.2, 0) is 9.53 Å². The Bertz CT molecular complexity index is 798. The Balaban J connectivity index is 2.08. The van der Waals surface area contributed by atoms with E-state index in [9.17, 15) is 14.4 Å². The van der Waals surface area contributed by atoms with Crippen molar-refractivity contribution in [2.45, 2.75) is 24.8 Å². The van der Waals surface area contributed by atoms with Gasteiger partial charge in [-0.15, -0.1) is 11.8 Å². The molecular weight excluding hydrogens is 352 g/mol. The zero-order chi connectivity index (χ0) is 19.1. The summed E-state index contributed by atoms with van der Waals surface area (Å²) in [5.41, 5.74) is 0.776. The van der Waals surface area contributed by atoms with Crippen molar-refractivity contribution in [1.82, 2.24) is 0 Å². The van der Waals surface area contributed by atoms with Crippen LogP contribution in [0.5, 0.6) is 5.75 Å². The van der Waals surface area contributed by atoms with E-state index in [1.807, 2.05) is 0 Å². The van der Waals surface area contributed by atoms with Gasteiger partial charge in [-0.1, -0.05) is 12.1 Å². The number of ether oxygens (including phenoxy) is 2.